The first kappa shape index (κ1) is 12.5. The van der Waals surface area contributed by atoms with Crippen molar-refractivity contribution >= 4 is 27.3 Å². The van der Waals surface area contributed by atoms with Crippen LogP contribution in [0.1, 0.15) is 17.8 Å². The summed E-state index contributed by atoms with van der Waals surface area (Å²) in [5.41, 5.74) is 5.65. The summed E-state index contributed by atoms with van der Waals surface area (Å²) in [4.78, 5) is 3.84. The first-order chi connectivity index (χ1) is 7.70. The van der Waals surface area contributed by atoms with Crippen molar-refractivity contribution < 1.29 is 4.74 Å². The summed E-state index contributed by atoms with van der Waals surface area (Å²) in [6.07, 6.45) is 0.194. The predicted octanol–water partition coefficient (Wildman–Crippen LogP) is 2.23. The van der Waals surface area contributed by atoms with E-state index in [1.165, 1.54) is 8.66 Å². The molecule has 0 aromatic carbocycles. The SMILES string of the molecule is CC(c1ccc(Br)s1)N1CCOC(CN)C1. The van der Waals surface area contributed by atoms with E-state index >= 15 is 0 Å². The Balaban J connectivity index is 2.01. The van der Waals surface area contributed by atoms with Crippen molar-refractivity contribution in [3.8, 4) is 0 Å². The minimum Gasteiger partial charge on any atom is -0.374 e. The van der Waals surface area contributed by atoms with E-state index in [-0.39, 0.29) is 6.10 Å². The van der Waals surface area contributed by atoms with Gasteiger partial charge in [0.15, 0.2) is 0 Å². The molecular formula is C11H17BrN2OS. The highest BCUT2D eigenvalue weighted by molar-refractivity contribution is 9.11. The van der Waals surface area contributed by atoms with Crippen LogP contribution in [0.5, 0.6) is 0 Å². The van der Waals surface area contributed by atoms with Gasteiger partial charge in [-0.2, -0.15) is 0 Å². The van der Waals surface area contributed by atoms with E-state index in [0.717, 1.165) is 19.7 Å². The van der Waals surface area contributed by atoms with Crippen LogP contribution in [0.2, 0.25) is 0 Å². The molecule has 1 aromatic rings. The fraction of sp³-hybridized carbons (Fsp3) is 0.636. The van der Waals surface area contributed by atoms with Crippen LogP contribution in [0.4, 0.5) is 0 Å². The zero-order valence-corrected chi connectivity index (χ0v) is 11.8. The molecule has 2 N–H and O–H groups in total. The van der Waals surface area contributed by atoms with E-state index in [9.17, 15) is 0 Å². The third-order valence-electron chi connectivity index (χ3n) is 2.99. The van der Waals surface area contributed by atoms with Gasteiger partial charge >= 0.3 is 0 Å². The fourth-order valence-electron chi connectivity index (χ4n) is 1.97. The molecule has 0 spiro atoms. The van der Waals surface area contributed by atoms with Gasteiger partial charge < -0.3 is 10.5 Å². The van der Waals surface area contributed by atoms with Crippen molar-refractivity contribution in [2.24, 2.45) is 5.73 Å². The average Bonchev–Trinajstić information content (AvgIpc) is 2.75. The number of hydrogen-bond donors (Lipinski definition) is 1. The summed E-state index contributed by atoms with van der Waals surface area (Å²) < 4.78 is 6.77. The lowest BCUT2D eigenvalue weighted by Gasteiger charge is -2.36. The third-order valence-corrected chi connectivity index (χ3v) is 4.78. The molecule has 2 rings (SSSR count). The molecule has 1 aromatic heterocycles. The van der Waals surface area contributed by atoms with Crippen LogP contribution in [0.15, 0.2) is 15.9 Å². The molecule has 3 nitrogen and oxygen atoms in total. The molecule has 1 saturated heterocycles. The van der Waals surface area contributed by atoms with E-state index in [1.54, 1.807) is 11.3 Å². The van der Waals surface area contributed by atoms with Crippen LogP contribution in [-0.2, 0) is 4.74 Å². The van der Waals surface area contributed by atoms with Gasteiger partial charge in [0.1, 0.15) is 0 Å². The number of hydrogen-bond acceptors (Lipinski definition) is 4. The van der Waals surface area contributed by atoms with Gasteiger partial charge in [-0.3, -0.25) is 4.90 Å². The van der Waals surface area contributed by atoms with Crippen LogP contribution in [0.25, 0.3) is 0 Å². The highest BCUT2D eigenvalue weighted by atomic mass is 79.9. The molecule has 0 aliphatic carbocycles. The van der Waals surface area contributed by atoms with E-state index in [2.05, 4.69) is 39.9 Å². The molecule has 2 atom stereocenters. The van der Waals surface area contributed by atoms with Gasteiger partial charge in [0.2, 0.25) is 0 Å². The molecule has 1 aliphatic rings. The minimum atomic E-state index is 0.194. The molecular weight excluding hydrogens is 288 g/mol. The fourth-order valence-corrected chi connectivity index (χ4v) is 3.48. The summed E-state index contributed by atoms with van der Waals surface area (Å²) in [5, 5.41) is 0. The largest absolute Gasteiger partial charge is 0.374 e. The van der Waals surface area contributed by atoms with Crippen molar-refractivity contribution in [2.45, 2.75) is 19.1 Å². The maximum atomic E-state index is 5.65. The van der Waals surface area contributed by atoms with E-state index < -0.39 is 0 Å². The highest BCUT2D eigenvalue weighted by Crippen LogP contribution is 2.31. The standard InChI is InChI=1S/C11H17BrN2OS/c1-8(10-2-3-11(12)16-10)14-4-5-15-9(6-13)7-14/h2-3,8-9H,4-7,13H2,1H3. The Labute approximate surface area is 109 Å². The van der Waals surface area contributed by atoms with Gasteiger partial charge in [0.25, 0.3) is 0 Å². The highest BCUT2D eigenvalue weighted by Gasteiger charge is 2.24. The number of morpholine rings is 1. The quantitative estimate of drug-likeness (QED) is 0.931. The molecule has 2 unspecified atom stereocenters. The van der Waals surface area contributed by atoms with E-state index in [4.69, 9.17) is 10.5 Å². The van der Waals surface area contributed by atoms with E-state index in [0.29, 0.717) is 12.6 Å². The van der Waals surface area contributed by atoms with Crippen LogP contribution in [0.3, 0.4) is 0 Å². The van der Waals surface area contributed by atoms with Gasteiger partial charge in [-0.1, -0.05) is 0 Å². The van der Waals surface area contributed by atoms with Gasteiger partial charge in [0.05, 0.1) is 16.5 Å². The Bertz CT molecular complexity index is 344. The summed E-state index contributed by atoms with van der Waals surface area (Å²) in [7, 11) is 0. The smallest absolute Gasteiger partial charge is 0.0824 e. The molecule has 0 bridgehead atoms. The molecule has 0 amide bonds. The van der Waals surface area contributed by atoms with Gasteiger partial charge in [-0.25, -0.2) is 0 Å². The number of rotatable bonds is 3. The predicted molar refractivity (Wildman–Crippen MR) is 70.8 cm³/mol. The molecule has 90 valence electrons. The van der Waals surface area contributed by atoms with Gasteiger partial charge in [-0.15, -0.1) is 11.3 Å². The lowest BCUT2D eigenvalue weighted by Crippen LogP contribution is -2.46. The van der Waals surface area contributed by atoms with Crippen LogP contribution >= 0.6 is 27.3 Å². The number of halogens is 1. The van der Waals surface area contributed by atoms with Crippen molar-refractivity contribution in [2.75, 3.05) is 26.2 Å². The van der Waals surface area contributed by atoms with Crippen molar-refractivity contribution in [3.05, 3.63) is 20.8 Å². The second-order valence-corrected chi connectivity index (χ2v) is 6.54. The Hall–Kier alpha value is 0.0600. The molecule has 5 heteroatoms. The monoisotopic (exact) mass is 304 g/mol. The van der Waals surface area contributed by atoms with E-state index in [1.807, 2.05) is 0 Å². The number of thiophene rings is 1. The molecule has 0 radical (unpaired) electrons. The van der Waals surface area contributed by atoms with Crippen molar-refractivity contribution in [1.82, 2.24) is 4.90 Å². The Morgan fingerprint density at radius 3 is 3.12 bits per heavy atom. The number of nitrogens with zero attached hydrogens (tertiary/aromatic N) is 1. The lowest BCUT2D eigenvalue weighted by molar-refractivity contribution is -0.0359. The Morgan fingerprint density at radius 2 is 2.50 bits per heavy atom. The van der Waals surface area contributed by atoms with Crippen LogP contribution in [-0.4, -0.2) is 37.2 Å². The minimum absolute atomic E-state index is 0.194. The zero-order valence-electron chi connectivity index (χ0n) is 9.36. The van der Waals surface area contributed by atoms with Gasteiger partial charge in [0, 0.05) is 30.6 Å². The topological polar surface area (TPSA) is 38.5 Å². The molecule has 1 aliphatic heterocycles. The van der Waals surface area contributed by atoms with Gasteiger partial charge in [-0.05, 0) is 35.0 Å². The normalized spacial score (nSPS) is 24.6. The maximum absolute atomic E-state index is 5.65. The second kappa shape index (κ2) is 5.60. The van der Waals surface area contributed by atoms with Crippen LogP contribution < -0.4 is 5.73 Å². The molecule has 2 heterocycles. The Kier molecular flexibility index (Phi) is 4.38. The molecule has 0 saturated carbocycles. The number of ether oxygens (including phenoxy) is 1. The summed E-state index contributed by atoms with van der Waals surface area (Å²) in [6, 6.07) is 4.75. The molecule has 1 fully saturated rings. The summed E-state index contributed by atoms with van der Waals surface area (Å²) in [6.45, 7) is 5.58. The van der Waals surface area contributed by atoms with Crippen LogP contribution in [0, 0.1) is 0 Å². The summed E-state index contributed by atoms with van der Waals surface area (Å²) in [5.74, 6) is 0. The second-order valence-electron chi connectivity index (χ2n) is 4.04. The van der Waals surface area contributed by atoms with Crippen molar-refractivity contribution in [3.63, 3.8) is 0 Å². The molecule has 16 heavy (non-hydrogen) atoms. The van der Waals surface area contributed by atoms with Crippen molar-refractivity contribution in [1.29, 1.82) is 0 Å². The zero-order chi connectivity index (χ0) is 11.5. The number of nitrogens with two attached hydrogens (primary N) is 1. The first-order valence-electron chi connectivity index (χ1n) is 5.51. The first-order valence-corrected chi connectivity index (χ1v) is 7.12. The third kappa shape index (κ3) is 2.84. The Morgan fingerprint density at radius 1 is 1.69 bits per heavy atom. The summed E-state index contributed by atoms with van der Waals surface area (Å²) >= 11 is 5.31. The maximum Gasteiger partial charge on any atom is 0.0824 e. The average molecular weight is 305 g/mol. The lowest BCUT2D eigenvalue weighted by atomic mass is 10.2.